The maximum absolute atomic E-state index is 12.8. The average molecular weight is 374 g/mol. The normalized spacial score (nSPS) is 20.4. The Morgan fingerprint density at radius 3 is 2.56 bits per heavy atom. The second kappa shape index (κ2) is 7.58. The summed E-state index contributed by atoms with van der Waals surface area (Å²) in [6, 6.07) is 6.31. The standard InChI is InChI=1S/C20H26N2O5/c1-14(19(25)26)22-13-20(7-6-17(22)23)8-10-21(11-9-20)18(24)15-4-3-5-16(12-15)27-2/h3-5,12,14H,6-11,13H2,1-2H3,(H,25,26)/t14-/m0/s1. The first-order valence-electron chi connectivity index (χ1n) is 9.31. The van der Waals surface area contributed by atoms with Gasteiger partial charge in [-0.3, -0.25) is 9.59 Å². The van der Waals surface area contributed by atoms with Gasteiger partial charge in [-0.1, -0.05) is 6.07 Å². The number of carbonyl (C=O) groups is 3. The summed E-state index contributed by atoms with van der Waals surface area (Å²) in [5.41, 5.74) is 0.508. The zero-order valence-corrected chi connectivity index (χ0v) is 15.8. The van der Waals surface area contributed by atoms with Crippen molar-refractivity contribution in [2.75, 3.05) is 26.7 Å². The summed E-state index contributed by atoms with van der Waals surface area (Å²) in [5, 5.41) is 9.27. The Labute approximate surface area is 158 Å². The van der Waals surface area contributed by atoms with Crippen molar-refractivity contribution < 1.29 is 24.2 Å². The third kappa shape index (κ3) is 3.91. The van der Waals surface area contributed by atoms with E-state index in [9.17, 15) is 19.5 Å². The zero-order chi connectivity index (χ0) is 19.6. The molecule has 2 fully saturated rings. The topological polar surface area (TPSA) is 87.2 Å². The molecule has 1 atom stereocenters. The van der Waals surface area contributed by atoms with Gasteiger partial charge in [-0.05, 0) is 49.8 Å². The van der Waals surface area contributed by atoms with Crippen LogP contribution in [0.25, 0.3) is 0 Å². The van der Waals surface area contributed by atoms with Crippen LogP contribution in [0.1, 0.15) is 43.0 Å². The summed E-state index contributed by atoms with van der Waals surface area (Å²) >= 11 is 0. The SMILES string of the molecule is COc1cccc(C(=O)N2CCC3(CCC(=O)N([C@@H](C)C(=O)O)C3)CC2)c1. The molecule has 0 unspecified atom stereocenters. The third-order valence-electron chi connectivity index (χ3n) is 5.95. The molecule has 1 aromatic rings. The molecule has 3 rings (SSSR count). The molecule has 0 radical (unpaired) electrons. The monoisotopic (exact) mass is 374 g/mol. The second-order valence-electron chi connectivity index (χ2n) is 7.56. The van der Waals surface area contributed by atoms with E-state index in [0.29, 0.717) is 37.4 Å². The molecule has 0 aliphatic carbocycles. The molecule has 2 amide bonds. The highest BCUT2D eigenvalue weighted by atomic mass is 16.5. The molecule has 2 saturated heterocycles. The van der Waals surface area contributed by atoms with Gasteiger partial charge in [0.1, 0.15) is 11.8 Å². The van der Waals surface area contributed by atoms with E-state index in [1.807, 2.05) is 4.90 Å². The smallest absolute Gasteiger partial charge is 0.326 e. The number of amides is 2. The van der Waals surface area contributed by atoms with Crippen LogP contribution in [0.3, 0.4) is 0 Å². The number of methoxy groups -OCH3 is 1. The highest BCUT2D eigenvalue weighted by Crippen LogP contribution is 2.41. The molecule has 0 saturated carbocycles. The number of carboxylic acids is 1. The molecule has 2 aliphatic heterocycles. The largest absolute Gasteiger partial charge is 0.497 e. The van der Waals surface area contributed by atoms with Gasteiger partial charge in [-0.25, -0.2) is 4.79 Å². The first-order chi connectivity index (χ1) is 12.8. The van der Waals surface area contributed by atoms with E-state index in [1.54, 1.807) is 38.3 Å². The van der Waals surface area contributed by atoms with Crippen molar-refractivity contribution in [2.24, 2.45) is 5.41 Å². The van der Waals surface area contributed by atoms with Crippen LogP contribution in [0.4, 0.5) is 0 Å². The Balaban J connectivity index is 1.66. The number of hydrogen-bond donors (Lipinski definition) is 1. The second-order valence-corrected chi connectivity index (χ2v) is 7.56. The Kier molecular flexibility index (Phi) is 5.39. The summed E-state index contributed by atoms with van der Waals surface area (Å²) in [7, 11) is 1.57. The van der Waals surface area contributed by atoms with E-state index in [-0.39, 0.29) is 17.2 Å². The number of ether oxygens (including phenoxy) is 1. The molecule has 1 spiro atoms. The summed E-state index contributed by atoms with van der Waals surface area (Å²) < 4.78 is 5.19. The van der Waals surface area contributed by atoms with Gasteiger partial charge in [0.2, 0.25) is 5.91 Å². The van der Waals surface area contributed by atoms with Crippen LogP contribution < -0.4 is 4.74 Å². The van der Waals surface area contributed by atoms with Gasteiger partial charge in [0.15, 0.2) is 0 Å². The molecule has 2 aliphatic rings. The summed E-state index contributed by atoms with van der Waals surface area (Å²) in [6.45, 7) is 3.24. The highest BCUT2D eigenvalue weighted by Gasteiger charge is 2.43. The molecule has 0 aromatic heterocycles. The molecular formula is C20H26N2O5. The minimum Gasteiger partial charge on any atom is -0.497 e. The fourth-order valence-corrected chi connectivity index (χ4v) is 4.06. The predicted molar refractivity (Wildman–Crippen MR) is 98.6 cm³/mol. The number of carboxylic acid groups (broad SMARTS) is 1. The summed E-state index contributed by atoms with van der Waals surface area (Å²) in [4.78, 5) is 39.6. The van der Waals surface area contributed by atoms with Crippen LogP contribution in [0.15, 0.2) is 24.3 Å². The fourth-order valence-electron chi connectivity index (χ4n) is 4.06. The van der Waals surface area contributed by atoms with E-state index in [4.69, 9.17) is 4.74 Å². The minimum atomic E-state index is -0.981. The van der Waals surface area contributed by atoms with Crippen LogP contribution in [-0.4, -0.2) is 65.5 Å². The molecule has 0 bridgehead atoms. The molecule has 146 valence electrons. The Morgan fingerprint density at radius 1 is 1.22 bits per heavy atom. The Hall–Kier alpha value is -2.57. The van der Waals surface area contributed by atoms with Crippen LogP contribution in [0.5, 0.6) is 5.75 Å². The lowest BCUT2D eigenvalue weighted by molar-refractivity contribution is -0.154. The van der Waals surface area contributed by atoms with E-state index in [1.165, 1.54) is 4.90 Å². The summed E-state index contributed by atoms with van der Waals surface area (Å²) in [6.07, 6.45) is 2.69. The number of likely N-dealkylation sites (tertiary alicyclic amines) is 2. The molecule has 1 N–H and O–H groups in total. The minimum absolute atomic E-state index is 0.0219. The number of benzene rings is 1. The van der Waals surface area contributed by atoms with E-state index in [0.717, 1.165) is 19.3 Å². The lowest BCUT2D eigenvalue weighted by atomic mass is 9.72. The summed E-state index contributed by atoms with van der Waals surface area (Å²) in [5.74, 6) is -0.443. The van der Waals surface area contributed by atoms with E-state index in [2.05, 4.69) is 0 Å². The third-order valence-corrected chi connectivity index (χ3v) is 5.95. The van der Waals surface area contributed by atoms with Gasteiger partial charge in [-0.2, -0.15) is 0 Å². The van der Waals surface area contributed by atoms with Crippen LogP contribution in [0, 0.1) is 5.41 Å². The van der Waals surface area contributed by atoms with Crippen molar-refractivity contribution in [1.82, 2.24) is 9.80 Å². The molecule has 1 aromatic carbocycles. The average Bonchev–Trinajstić information content (AvgIpc) is 2.69. The van der Waals surface area contributed by atoms with Crippen molar-refractivity contribution in [2.45, 2.75) is 38.6 Å². The number of piperidine rings is 2. The predicted octanol–water partition coefficient (Wildman–Crippen LogP) is 2.01. The van der Waals surface area contributed by atoms with Gasteiger partial charge in [0.05, 0.1) is 7.11 Å². The fraction of sp³-hybridized carbons (Fsp3) is 0.550. The van der Waals surface area contributed by atoms with Gasteiger partial charge in [-0.15, -0.1) is 0 Å². The van der Waals surface area contributed by atoms with Crippen molar-refractivity contribution in [3.8, 4) is 5.75 Å². The molecule has 7 heteroatoms. The van der Waals surface area contributed by atoms with E-state index < -0.39 is 12.0 Å². The Morgan fingerprint density at radius 2 is 1.93 bits per heavy atom. The maximum atomic E-state index is 12.8. The highest BCUT2D eigenvalue weighted by molar-refractivity contribution is 5.94. The number of aliphatic carboxylic acids is 1. The van der Waals surface area contributed by atoms with Crippen molar-refractivity contribution in [3.05, 3.63) is 29.8 Å². The zero-order valence-electron chi connectivity index (χ0n) is 15.8. The number of carbonyl (C=O) groups excluding carboxylic acids is 2. The molecule has 2 heterocycles. The van der Waals surface area contributed by atoms with Crippen LogP contribution in [-0.2, 0) is 9.59 Å². The van der Waals surface area contributed by atoms with Crippen LogP contribution in [0.2, 0.25) is 0 Å². The molecular weight excluding hydrogens is 348 g/mol. The Bertz CT molecular complexity index is 740. The molecule has 7 nitrogen and oxygen atoms in total. The lowest BCUT2D eigenvalue weighted by Gasteiger charge is -2.48. The van der Waals surface area contributed by atoms with Crippen molar-refractivity contribution >= 4 is 17.8 Å². The number of hydrogen-bond acceptors (Lipinski definition) is 4. The van der Waals surface area contributed by atoms with E-state index >= 15 is 0 Å². The van der Waals surface area contributed by atoms with Crippen LogP contribution >= 0.6 is 0 Å². The van der Waals surface area contributed by atoms with Gasteiger partial charge >= 0.3 is 5.97 Å². The lowest BCUT2D eigenvalue weighted by Crippen LogP contribution is -2.55. The van der Waals surface area contributed by atoms with Gasteiger partial charge in [0, 0.05) is 31.6 Å². The first-order valence-corrected chi connectivity index (χ1v) is 9.31. The van der Waals surface area contributed by atoms with Crippen molar-refractivity contribution in [3.63, 3.8) is 0 Å². The number of rotatable bonds is 4. The molecule has 27 heavy (non-hydrogen) atoms. The quantitative estimate of drug-likeness (QED) is 0.871. The number of nitrogens with zero attached hydrogens (tertiary/aromatic N) is 2. The van der Waals surface area contributed by atoms with Gasteiger partial charge in [0.25, 0.3) is 5.91 Å². The van der Waals surface area contributed by atoms with Gasteiger partial charge < -0.3 is 19.6 Å². The maximum Gasteiger partial charge on any atom is 0.326 e. The van der Waals surface area contributed by atoms with Crippen molar-refractivity contribution in [1.29, 1.82) is 0 Å². The first kappa shape index (κ1) is 19.2.